The van der Waals surface area contributed by atoms with E-state index >= 15 is 0 Å². The summed E-state index contributed by atoms with van der Waals surface area (Å²) in [5.74, 6) is -1.67. The highest BCUT2D eigenvalue weighted by molar-refractivity contribution is 6.34. The van der Waals surface area contributed by atoms with E-state index in [1.54, 1.807) is 0 Å². The normalized spacial score (nSPS) is 15.7. The largest absolute Gasteiger partial charge is 0.480 e. The van der Waals surface area contributed by atoms with Gasteiger partial charge >= 0.3 is 12.1 Å². The van der Waals surface area contributed by atoms with Crippen LogP contribution in [-0.4, -0.2) is 21.2 Å². The smallest absolute Gasteiger partial charge is 0.416 e. The number of aliphatic carboxylic acids is 1. The zero-order chi connectivity index (χ0) is 17.3. The second-order valence-corrected chi connectivity index (χ2v) is 5.38. The third-order valence-corrected chi connectivity index (χ3v) is 3.88. The monoisotopic (exact) mass is 345 g/mol. The summed E-state index contributed by atoms with van der Waals surface area (Å²) in [6.45, 7) is 0. The van der Waals surface area contributed by atoms with Gasteiger partial charge in [-0.1, -0.05) is 29.8 Å². The standard InChI is InChI=1S/C15H11ClF3NO3/c16-14(13(22)23,12(21)9-3-2-6-20-8-9)10-4-1-5-11(7-10)15(17,18)19/h1-8,12,21H,(H,22,23). The van der Waals surface area contributed by atoms with Gasteiger partial charge in [-0.25, -0.2) is 4.79 Å². The van der Waals surface area contributed by atoms with Crippen molar-refractivity contribution in [1.82, 2.24) is 4.98 Å². The first-order valence-corrected chi connectivity index (χ1v) is 6.73. The lowest BCUT2D eigenvalue weighted by atomic mass is 9.88. The van der Waals surface area contributed by atoms with Crippen LogP contribution in [0.2, 0.25) is 0 Å². The van der Waals surface area contributed by atoms with Crippen LogP contribution in [0.4, 0.5) is 13.2 Å². The fraction of sp³-hybridized carbons (Fsp3) is 0.200. The Labute approximate surface area is 134 Å². The van der Waals surface area contributed by atoms with Crippen molar-refractivity contribution in [2.45, 2.75) is 17.2 Å². The SMILES string of the molecule is O=C(O)C(Cl)(c1cccc(C(F)(F)F)c1)C(O)c1cccnc1. The van der Waals surface area contributed by atoms with E-state index < -0.39 is 28.7 Å². The number of aliphatic hydroxyl groups is 1. The molecule has 2 aromatic rings. The summed E-state index contributed by atoms with van der Waals surface area (Å²) in [6, 6.07) is 6.39. The van der Waals surface area contributed by atoms with Gasteiger partial charge in [-0.05, 0) is 23.8 Å². The first-order chi connectivity index (χ1) is 10.7. The van der Waals surface area contributed by atoms with Gasteiger partial charge < -0.3 is 10.2 Å². The molecule has 1 heterocycles. The van der Waals surface area contributed by atoms with E-state index in [4.69, 9.17) is 11.6 Å². The first-order valence-electron chi connectivity index (χ1n) is 6.35. The van der Waals surface area contributed by atoms with Crippen LogP contribution in [0.25, 0.3) is 0 Å². The Bertz CT molecular complexity index is 709. The molecule has 0 saturated carbocycles. The summed E-state index contributed by atoms with van der Waals surface area (Å²) in [7, 11) is 0. The van der Waals surface area contributed by atoms with E-state index in [1.807, 2.05) is 0 Å². The topological polar surface area (TPSA) is 70.4 Å². The molecule has 0 aliphatic carbocycles. The molecule has 4 nitrogen and oxygen atoms in total. The van der Waals surface area contributed by atoms with Crippen molar-refractivity contribution < 1.29 is 28.2 Å². The van der Waals surface area contributed by atoms with Crippen LogP contribution in [0.1, 0.15) is 22.8 Å². The maximum absolute atomic E-state index is 12.8. The highest BCUT2D eigenvalue weighted by Crippen LogP contribution is 2.43. The van der Waals surface area contributed by atoms with Crippen molar-refractivity contribution in [1.29, 1.82) is 0 Å². The number of carboxylic acid groups (broad SMARTS) is 1. The number of hydrogen-bond donors (Lipinski definition) is 2. The van der Waals surface area contributed by atoms with E-state index in [9.17, 15) is 28.2 Å². The second kappa shape index (κ2) is 6.17. The number of benzene rings is 1. The number of carboxylic acids is 1. The molecule has 0 aliphatic rings. The van der Waals surface area contributed by atoms with Crippen LogP contribution in [0, 0.1) is 0 Å². The Morgan fingerprint density at radius 2 is 1.83 bits per heavy atom. The molecule has 122 valence electrons. The third-order valence-electron chi connectivity index (χ3n) is 3.30. The van der Waals surface area contributed by atoms with E-state index in [1.165, 1.54) is 24.5 Å². The number of alkyl halides is 4. The van der Waals surface area contributed by atoms with Gasteiger partial charge in [-0.3, -0.25) is 4.98 Å². The summed E-state index contributed by atoms with van der Waals surface area (Å²) in [4.78, 5) is 12.9. The Morgan fingerprint density at radius 3 is 2.35 bits per heavy atom. The summed E-state index contributed by atoms with van der Waals surface area (Å²) < 4.78 is 38.5. The summed E-state index contributed by atoms with van der Waals surface area (Å²) in [6.07, 6.45) is -3.86. The Kier molecular flexibility index (Phi) is 4.63. The van der Waals surface area contributed by atoms with Crippen molar-refractivity contribution in [2.24, 2.45) is 0 Å². The number of rotatable bonds is 4. The third kappa shape index (κ3) is 3.30. The lowest BCUT2D eigenvalue weighted by Gasteiger charge is -2.29. The predicted octanol–water partition coefficient (Wildman–Crippen LogP) is 3.35. The van der Waals surface area contributed by atoms with Crippen molar-refractivity contribution in [2.75, 3.05) is 0 Å². The van der Waals surface area contributed by atoms with E-state index in [2.05, 4.69) is 4.98 Å². The Morgan fingerprint density at radius 1 is 1.17 bits per heavy atom. The maximum atomic E-state index is 12.8. The molecule has 1 aromatic carbocycles. The number of aromatic nitrogens is 1. The van der Waals surface area contributed by atoms with Crippen LogP contribution in [0.15, 0.2) is 48.8 Å². The van der Waals surface area contributed by atoms with Gasteiger partial charge in [-0.15, -0.1) is 0 Å². The average molecular weight is 346 g/mol. The molecule has 0 fully saturated rings. The van der Waals surface area contributed by atoms with Crippen LogP contribution in [0.5, 0.6) is 0 Å². The zero-order valence-electron chi connectivity index (χ0n) is 11.5. The highest BCUT2D eigenvalue weighted by Gasteiger charge is 2.47. The van der Waals surface area contributed by atoms with Gasteiger partial charge in [0.2, 0.25) is 0 Å². The Hall–Kier alpha value is -2.12. The zero-order valence-corrected chi connectivity index (χ0v) is 12.2. The quantitative estimate of drug-likeness (QED) is 0.834. The molecule has 2 unspecified atom stereocenters. The second-order valence-electron chi connectivity index (χ2n) is 4.78. The minimum atomic E-state index is -4.66. The van der Waals surface area contributed by atoms with Crippen LogP contribution >= 0.6 is 11.6 Å². The van der Waals surface area contributed by atoms with Crippen molar-refractivity contribution >= 4 is 17.6 Å². The maximum Gasteiger partial charge on any atom is 0.416 e. The van der Waals surface area contributed by atoms with Gasteiger partial charge in [0.05, 0.1) is 5.56 Å². The Balaban J connectivity index is 2.56. The molecule has 0 saturated heterocycles. The van der Waals surface area contributed by atoms with E-state index in [-0.39, 0.29) is 11.1 Å². The molecular weight excluding hydrogens is 335 g/mol. The fourth-order valence-corrected chi connectivity index (χ4v) is 2.33. The number of pyridine rings is 1. The fourth-order valence-electron chi connectivity index (χ4n) is 2.09. The highest BCUT2D eigenvalue weighted by atomic mass is 35.5. The van der Waals surface area contributed by atoms with Crippen molar-refractivity contribution in [3.8, 4) is 0 Å². The van der Waals surface area contributed by atoms with Crippen LogP contribution in [0.3, 0.4) is 0 Å². The van der Waals surface area contributed by atoms with Gasteiger partial charge in [0.1, 0.15) is 6.10 Å². The molecule has 0 bridgehead atoms. The number of nitrogens with zero attached hydrogens (tertiary/aromatic N) is 1. The molecular formula is C15H11ClF3NO3. The van der Waals surface area contributed by atoms with Crippen molar-refractivity contribution in [3.05, 3.63) is 65.5 Å². The molecule has 0 aliphatic heterocycles. The minimum absolute atomic E-state index is 0.0716. The molecule has 2 N–H and O–H groups in total. The van der Waals surface area contributed by atoms with Gasteiger partial charge in [0.15, 0.2) is 4.87 Å². The molecule has 0 amide bonds. The molecule has 0 radical (unpaired) electrons. The minimum Gasteiger partial charge on any atom is -0.480 e. The molecule has 23 heavy (non-hydrogen) atoms. The van der Waals surface area contributed by atoms with Gasteiger partial charge in [0, 0.05) is 18.0 Å². The van der Waals surface area contributed by atoms with Crippen molar-refractivity contribution in [3.63, 3.8) is 0 Å². The lowest BCUT2D eigenvalue weighted by Crippen LogP contribution is -2.36. The number of aliphatic hydroxyl groups excluding tert-OH is 1. The summed E-state index contributed by atoms with van der Waals surface area (Å²) in [5, 5.41) is 19.7. The molecule has 2 rings (SSSR count). The molecule has 2 atom stereocenters. The number of hydrogen-bond acceptors (Lipinski definition) is 3. The molecule has 8 heteroatoms. The predicted molar refractivity (Wildman–Crippen MR) is 75.8 cm³/mol. The van der Waals surface area contributed by atoms with Crippen LogP contribution < -0.4 is 0 Å². The van der Waals surface area contributed by atoms with Crippen LogP contribution in [-0.2, 0) is 15.8 Å². The number of carbonyl (C=O) groups is 1. The van der Waals surface area contributed by atoms with Gasteiger partial charge in [0.25, 0.3) is 0 Å². The molecule has 1 aromatic heterocycles. The summed E-state index contributed by atoms with van der Waals surface area (Å²) >= 11 is 6.06. The lowest BCUT2D eigenvalue weighted by molar-refractivity contribution is -0.145. The number of halogens is 4. The average Bonchev–Trinajstić information content (AvgIpc) is 2.53. The van der Waals surface area contributed by atoms with E-state index in [0.717, 1.165) is 18.2 Å². The van der Waals surface area contributed by atoms with E-state index in [0.29, 0.717) is 6.07 Å². The van der Waals surface area contributed by atoms with Gasteiger partial charge in [-0.2, -0.15) is 13.2 Å². The summed E-state index contributed by atoms with van der Waals surface area (Å²) in [5.41, 5.74) is -1.36. The first kappa shape index (κ1) is 17.2. The molecule has 0 spiro atoms.